The second-order valence-corrected chi connectivity index (χ2v) is 3.36. The molecule has 0 fully saturated rings. The maximum absolute atomic E-state index is 5.70. The third-order valence-electron chi connectivity index (χ3n) is 1.51. The Labute approximate surface area is 75.9 Å². The first kappa shape index (κ1) is 9.54. The van der Waals surface area contributed by atoms with Crippen molar-refractivity contribution in [3.8, 4) is 0 Å². The molecule has 0 spiro atoms. The molecule has 0 radical (unpaired) electrons. The Balaban J connectivity index is 2.63. The Hall–Kier alpha value is -0.550. The first-order valence-electron chi connectivity index (χ1n) is 3.85. The highest BCUT2D eigenvalue weighted by molar-refractivity contribution is 7.97. The molecule has 4 nitrogen and oxygen atoms in total. The minimum absolute atomic E-state index is 0.117. The van der Waals surface area contributed by atoms with Crippen LogP contribution in [0.5, 0.6) is 0 Å². The van der Waals surface area contributed by atoms with Gasteiger partial charge in [0, 0.05) is 0 Å². The van der Waals surface area contributed by atoms with E-state index in [1.54, 1.807) is 11.8 Å². The molecule has 0 saturated carbocycles. The van der Waals surface area contributed by atoms with Gasteiger partial charge in [-0.3, -0.25) is 0 Å². The molecule has 0 aliphatic heterocycles. The van der Waals surface area contributed by atoms with Crippen LogP contribution in [0.2, 0.25) is 0 Å². The van der Waals surface area contributed by atoms with Gasteiger partial charge in [0.25, 0.3) is 0 Å². The highest BCUT2D eigenvalue weighted by Gasteiger charge is 2.11. The zero-order chi connectivity index (χ0) is 8.97. The summed E-state index contributed by atoms with van der Waals surface area (Å²) in [5, 5.41) is 3.79. The summed E-state index contributed by atoms with van der Waals surface area (Å²) in [6.45, 7) is 1.99. The first-order valence-corrected chi connectivity index (χ1v) is 5.24. The molecule has 1 aromatic heterocycles. The molecule has 2 N–H and O–H groups in total. The number of aromatic nitrogens is 2. The van der Waals surface area contributed by atoms with Crippen LogP contribution in [0, 0.1) is 0 Å². The van der Waals surface area contributed by atoms with Gasteiger partial charge in [0.1, 0.15) is 0 Å². The lowest BCUT2D eigenvalue weighted by Crippen LogP contribution is -2.08. The standard InChI is InChI=1S/C7H13N3OS/c1-3-5(8)7-9-6(4-12-2)10-11-7/h5H,3-4,8H2,1-2H3. The Kier molecular flexibility index (Phi) is 3.55. The van der Waals surface area contributed by atoms with Crippen molar-refractivity contribution in [1.29, 1.82) is 0 Å². The van der Waals surface area contributed by atoms with Gasteiger partial charge in [0.2, 0.25) is 5.89 Å². The number of rotatable bonds is 4. The van der Waals surface area contributed by atoms with Crippen molar-refractivity contribution in [2.24, 2.45) is 5.73 Å². The predicted molar refractivity (Wildman–Crippen MR) is 48.7 cm³/mol. The molecule has 0 amide bonds. The topological polar surface area (TPSA) is 64.9 Å². The van der Waals surface area contributed by atoms with Crippen LogP contribution in [0.3, 0.4) is 0 Å². The summed E-state index contributed by atoms with van der Waals surface area (Å²) in [7, 11) is 0. The summed E-state index contributed by atoms with van der Waals surface area (Å²) in [6, 6.07) is -0.117. The first-order chi connectivity index (χ1) is 5.77. The van der Waals surface area contributed by atoms with Gasteiger partial charge in [-0.1, -0.05) is 12.1 Å². The predicted octanol–water partition coefficient (Wildman–Crippen LogP) is 1.34. The summed E-state index contributed by atoms with van der Waals surface area (Å²) >= 11 is 1.66. The fourth-order valence-corrected chi connectivity index (χ4v) is 1.16. The van der Waals surface area contributed by atoms with Crippen molar-refractivity contribution in [3.05, 3.63) is 11.7 Å². The average molecular weight is 187 g/mol. The Morgan fingerprint density at radius 3 is 3.00 bits per heavy atom. The lowest BCUT2D eigenvalue weighted by Gasteiger charge is -1.98. The molecule has 1 rings (SSSR count). The second-order valence-electron chi connectivity index (χ2n) is 2.50. The molecule has 0 saturated heterocycles. The van der Waals surface area contributed by atoms with E-state index in [4.69, 9.17) is 10.3 Å². The van der Waals surface area contributed by atoms with Crippen LogP contribution in [0.4, 0.5) is 0 Å². The fourth-order valence-electron chi connectivity index (χ4n) is 0.780. The van der Waals surface area contributed by atoms with Gasteiger partial charge in [0.05, 0.1) is 11.8 Å². The third-order valence-corrected chi connectivity index (χ3v) is 2.06. The Bertz CT molecular complexity index is 238. The van der Waals surface area contributed by atoms with E-state index in [2.05, 4.69) is 10.1 Å². The van der Waals surface area contributed by atoms with Crippen molar-refractivity contribution in [3.63, 3.8) is 0 Å². The molecule has 12 heavy (non-hydrogen) atoms. The molecule has 0 aromatic carbocycles. The Morgan fingerprint density at radius 2 is 2.42 bits per heavy atom. The highest BCUT2D eigenvalue weighted by atomic mass is 32.2. The van der Waals surface area contributed by atoms with Crippen LogP contribution in [0.25, 0.3) is 0 Å². The number of nitrogens with zero attached hydrogens (tertiary/aromatic N) is 2. The smallest absolute Gasteiger partial charge is 0.243 e. The van der Waals surface area contributed by atoms with E-state index in [0.717, 1.165) is 18.0 Å². The molecule has 1 atom stereocenters. The lowest BCUT2D eigenvalue weighted by atomic mass is 10.2. The van der Waals surface area contributed by atoms with Gasteiger partial charge in [-0.05, 0) is 12.7 Å². The summed E-state index contributed by atoms with van der Waals surface area (Å²) in [4.78, 5) is 4.15. The van der Waals surface area contributed by atoms with E-state index < -0.39 is 0 Å². The summed E-state index contributed by atoms with van der Waals surface area (Å²) in [5.74, 6) is 2.04. The molecule has 1 aromatic rings. The van der Waals surface area contributed by atoms with Crippen molar-refractivity contribution in [1.82, 2.24) is 10.1 Å². The van der Waals surface area contributed by atoms with Gasteiger partial charge in [-0.25, -0.2) is 0 Å². The van der Waals surface area contributed by atoms with E-state index in [1.807, 2.05) is 13.2 Å². The van der Waals surface area contributed by atoms with Crippen LogP contribution in [-0.4, -0.2) is 16.4 Å². The molecule has 0 bridgehead atoms. The summed E-state index contributed by atoms with van der Waals surface area (Å²) < 4.78 is 4.97. The van der Waals surface area contributed by atoms with Crippen molar-refractivity contribution in [2.75, 3.05) is 6.26 Å². The zero-order valence-corrected chi connectivity index (χ0v) is 8.10. The van der Waals surface area contributed by atoms with Crippen LogP contribution >= 0.6 is 11.8 Å². The minimum atomic E-state index is -0.117. The van der Waals surface area contributed by atoms with E-state index in [-0.39, 0.29) is 6.04 Å². The minimum Gasteiger partial charge on any atom is -0.338 e. The van der Waals surface area contributed by atoms with Crippen LogP contribution in [-0.2, 0) is 5.75 Å². The maximum Gasteiger partial charge on any atom is 0.243 e. The number of nitrogens with two attached hydrogens (primary N) is 1. The largest absolute Gasteiger partial charge is 0.338 e. The van der Waals surface area contributed by atoms with E-state index in [1.165, 1.54) is 0 Å². The van der Waals surface area contributed by atoms with Crippen molar-refractivity contribution in [2.45, 2.75) is 25.1 Å². The highest BCUT2D eigenvalue weighted by Crippen LogP contribution is 2.12. The molecular weight excluding hydrogens is 174 g/mol. The van der Waals surface area contributed by atoms with E-state index in [0.29, 0.717) is 5.89 Å². The molecule has 1 unspecified atom stereocenters. The molecule has 0 aliphatic rings. The van der Waals surface area contributed by atoms with Gasteiger partial charge >= 0.3 is 0 Å². The monoisotopic (exact) mass is 187 g/mol. The SMILES string of the molecule is CCC(N)c1nc(CSC)no1. The van der Waals surface area contributed by atoms with Gasteiger partial charge in [-0.15, -0.1) is 0 Å². The number of hydrogen-bond acceptors (Lipinski definition) is 5. The number of hydrogen-bond donors (Lipinski definition) is 1. The fraction of sp³-hybridized carbons (Fsp3) is 0.714. The van der Waals surface area contributed by atoms with E-state index in [9.17, 15) is 0 Å². The maximum atomic E-state index is 5.70. The quantitative estimate of drug-likeness (QED) is 0.770. The van der Waals surface area contributed by atoms with E-state index >= 15 is 0 Å². The van der Waals surface area contributed by atoms with Gasteiger partial charge in [0.15, 0.2) is 5.82 Å². The molecule has 5 heteroatoms. The summed E-state index contributed by atoms with van der Waals surface area (Å²) in [5.41, 5.74) is 5.70. The van der Waals surface area contributed by atoms with Crippen molar-refractivity contribution < 1.29 is 4.52 Å². The van der Waals surface area contributed by atoms with Crippen LogP contribution < -0.4 is 5.73 Å². The van der Waals surface area contributed by atoms with Gasteiger partial charge < -0.3 is 10.3 Å². The Morgan fingerprint density at radius 1 is 1.67 bits per heavy atom. The lowest BCUT2D eigenvalue weighted by molar-refractivity contribution is 0.349. The summed E-state index contributed by atoms with van der Waals surface area (Å²) in [6.07, 6.45) is 2.82. The third kappa shape index (κ3) is 2.22. The van der Waals surface area contributed by atoms with Crippen molar-refractivity contribution >= 4 is 11.8 Å². The molecule has 68 valence electrons. The molecule has 1 heterocycles. The average Bonchev–Trinajstić information content (AvgIpc) is 2.52. The second kappa shape index (κ2) is 4.47. The van der Waals surface area contributed by atoms with Crippen LogP contribution in [0.1, 0.15) is 31.1 Å². The van der Waals surface area contributed by atoms with Crippen LogP contribution in [0.15, 0.2) is 4.52 Å². The number of thioether (sulfide) groups is 1. The zero-order valence-electron chi connectivity index (χ0n) is 7.28. The molecular formula is C7H13N3OS. The normalized spacial score (nSPS) is 13.2. The van der Waals surface area contributed by atoms with Gasteiger partial charge in [-0.2, -0.15) is 16.7 Å². The molecule has 0 aliphatic carbocycles.